The molecule has 0 aliphatic carbocycles. The maximum Gasteiger partial charge on any atom is 0.407 e. The average molecular weight is 348 g/mol. The van der Waals surface area contributed by atoms with E-state index in [1.165, 1.54) is 5.56 Å². The molecular formula is C19H28N2O4. The fourth-order valence-corrected chi connectivity index (χ4v) is 2.82. The van der Waals surface area contributed by atoms with Gasteiger partial charge in [-0.1, -0.05) is 17.7 Å². The molecule has 1 aliphatic heterocycles. The lowest BCUT2D eigenvalue weighted by atomic mass is 10.0. The molecule has 2 amide bonds. The highest BCUT2D eigenvalue weighted by Gasteiger charge is 2.23. The average Bonchev–Trinajstić information content (AvgIpc) is 2.61. The third-order valence-corrected chi connectivity index (χ3v) is 4.27. The molecule has 1 fully saturated rings. The Kier molecular flexibility index (Phi) is 7.57. The van der Waals surface area contributed by atoms with Crippen molar-refractivity contribution < 1.29 is 19.1 Å². The van der Waals surface area contributed by atoms with Crippen LogP contribution in [0.25, 0.3) is 0 Å². The molecule has 1 aromatic rings. The van der Waals surface area contributed by atoms with Crippen LogP contribution >= 0.6 is 0 Å². The van der Waals surface area contributed by atoms with Crippen molar-refractivity contribution >= 4 is 12.0 Å². The highest BCUT2D eigenvalue weighted by Crippen LogP contribution is 2.14. The van der Waals surface area contributed by atoms with Crippen LogP contribution in [-0.2, 0) is 9.53 Å². The molecule has 0 unspecified atom stereocenters. The van der Waals surface area contributed by atoms with E-state index in [1.807, 2.05) is 36.1 Å². The van der Waals surface area contributed by atoms with Gasteiger partial charge in [-0.15, -0.1) is 0 Å². The number of nitrogens with one attached hydrogen (secondary N) is 1. The van der Waals surface area contributed by atoms with Crippen molar-refractivity contribution in [2.24, 2.45) is 0 Å². The Morgan fingerprint density at radius 3 is 2.52 bits per heavy atom. The quantitative estimate of drug-likeness (QED) is 0.770. The number of likely N-dealkylation sites (tertiary alicyclic amines) is 1. The molecule has 1 N–H and O–H groups in total. The first-order valence-corrected chi connectivity index (χ1v) is 8.99. The smallest absolute Gasteiger partial charge is 0.407 e. The van der Waals surface area contributed by atoms with Crippen molar-refractivity contribution in [2.45, 2.75) is 45.6 Å². The fourth-order valence-electron chi connectivity index (χ4n) is 2.82. The van der Waals surface area contributed by atoms with E-state index in [0.717, 1.165) is 18.6 Å². The highest BCUT2D eigenvalue weighted by atomic mass is 16.5. The first-order valence-electron chi connectivity index (χ1n) is 8.99. The van der Waals surface area contributed by atoms with Crippen LogP contribution in [0.4, 0.5) is 4.79 Å². The molecule has 0 bridgehead atoms. The maximum absolute atomic E-state index is 12.2. The van der Waals surface area contributed by atoms with Crippen LogP contribution in [0, 0.1) is 6.92 Å². The summed E-state index contributed by atoms with van der Waals surface area (Å²) in [5.41, 5.74) is 1.20. The van der Waals surface area contributed by atoms with E-state index in [4.69, 9.17) is 9.47 Å². The van der Waals surface area contributed by atoms with Crippen molar-refractivity contribution in [1.29, 1.82) is 0 Å². The number of nitrogens with zero attached hydrogens (tertiary/aromatic N) is 1. The standard InChI is InChI=1S/C19H28N2O4/c1-3-24-19(23)20-16-10-12-21(13-11-16)18(22)5-4-14-25-17-8-6-15(2)7-9-17/h6-9,16H,3-5,10-14H2,1-2H3,(H,20,23). The van der Waals surface area contributed by atoms with E-state index < -0.39 is 0 Å². The van der Waals surface area contributed by atoms with Crippen molar-refractivity contribution in [3.05, 3.63) is 29.8 Å². The van der Waals surface area contributed by atoms with E-state index >= 15 is 0 Å². The second-order valence-corrected chi connectivity index (χ2v) is 6.28. The van der Waals surface area contributed by atoms with Crippen LogP contribution in [0.15, 0.2) is 24.3 Å². The topological polar surface area (TPSA) is 67.9 Å². The number of alkyl carbamates (subject to hydrolysis) is 1. The molecular weight excluding hydrogens is 320 g/mol. The van der Waals surface area contributed by atoms with Gasteiger partial charge in [-0.3, -0.25) is 4.79 Å². The summed E-state index contributed by atoms with van der Waals surface area (Å²) in [6, 6.07) is 7.99. The number of ether oxygens (including phenoxy) is 2. The molecule has 0 radical (unpaired) electrons. The van der Waals surface area contributed by atoms with E-state index in [9.17, 15) is 9.59 Å². The van der Waals surface area contributed by atoms with E-state index in [0.29, 0.717) is 39.1 Å². The molecule has 1 aromatic carbocycles. The molecule has 138 valence electrons. The normalized spacial score (nSPS) is 14.9. The molecule has 0 atom stereocenters. The Bertz CT molecular complexity index is 551. The minimum Gasteiger partial charge on any atom is -0.494 e. The van der Waals surface area contributed by atoms with Gasteiger partial charge in [0.1, 0.15) is 5.75 Å². The zero-order valence-corrected chi connectivity index (χ0v) is 15.1. The zero-order valence-electron chi connectivity index (χ0n) is 15.1. The summed E-state index contributed by atoms with van der Waals surface area (Å²) in [5, 5.41) is 2.83. The zero-order chi connectivity index (χ0) is 18.1. The molecule has 1 saturated heterocycles. The third kappa shape index (κ3) is 6.64. The summed E-state index contributed by atoms with van der Waals surface area (Å²) < 4.78 is 10.5. The number of rotatable bonds is 7. The number of piperidine rings is 1. The summed E-state index contributed by atoms with van der Waals surface area (Å²) in [6.07, 6.45) is 2.35. The summed E-state index contributed by atoms with van der Waals surface area (Å²) in [7, 11) is 0. The summed E-state index contributed by atoms with van der Waals surface area (Å²) in [4.78, 5) is 25.5. The van der Waals surface area contributed by atoms with Crippen LogP contribution < -0.4 is 10.1 Å². The lowest BCUT2D eigenvalue weighted by Crippen LogP contribution is -2.46. The van der Waals surface area contributed by atoms with Gasteiger partial charge in [-0.05, 0) is 45.2 Å². The minimum absolute atomic E-state index is 0.0907. The van der Waals surface area contributed by atoms with Gasteiger partial charge in [-0.2, -0.15) is 0 Å². The van der Waals surface area contributed by atoms with Crippen molar-refractivity contribution in [1.82, 2.24) is 10.2 Å². The molecule has 1 heterocycles. The molecule has 1 aliphatic rings. The third-order valence-electron chi connectivity index (χ3n) is 4.27. The largest absolute Gasteiger partial charge is 0.494 e. The number of hydrogen-bond donors (Lipinski definition) is 1. The van der Waals surface area contributed by atoms with Gasteiger partial charge in [0.15, 0.2) is 0 Å². The van der Waals surface area contributed by atoms with Crippen LogP contribution in [0.1, 0.15) is 38.2 Å². The SMILES string of the molecule is CCOC(=O)NC1CCN(C(=O)CCCOc2ccc(C)cc2)CC1. The molecule has 6 heteroatoms. The monoisotopic (exact) mass is 348 g/mol. The van der Waals surface area contributed by atoms with E-state index in [-0.39, 0.29) is 18.0 Å². The Morgan fingerprint density at radius 2 is 1.88 bits per heavy atom. The number of carbonyl (C=O) groups excluding carboxylic acids is 2. The van der Waals surface area contributed by atoms with Gasteiger partial charge < -0.3 is 19.7 Å². The van der Waals surface area contributed by atoms with Crippen LogP contribution in [0.5, 0.6) is 5.75 Å². The number of aryl methyl sites for hydroxylation is 1. The number of carbonyl (C=O) groups is 2. The van der Waals surface area contributed by atoms with Crippen LogP contribution in [0.3, 0.4) is 0 Å². The fraction of sp³-hybridized carbons (Fsp3) is 0.579. The predicted molar refractivity (Wildman–Crippen MR) is 95.7 cm³/mol. The van der Waals surface area contributed by atoms with Gasteiger partial charge in [0.2, 0.25) is 5.91 Å². The summed E-state index contributed by atoms with van der Waals surface area (Å²) in [6.45, 7) is 6.07. The summed E-state index contributed by atoms with van der Waals surface area (Å²) in [5.74, 6) is 0.992. The van der Waals surface area contributed by atoms with Crippen molar-refractivity contribution in [3.8, 4) is 5.75 Å². The van der Waals surface area contributed by atoms with Gasteiger partial charge in [-0.25, -0.2) is 4.79 Å². The maximum atomic E-state index is 12.2. The first kappa shape index (κ1) is 19.1. The van der Waals surface area contributed by atoms with Gasteiger partial charge in [0.25, 0.3) is 0 Å². The molecule has 6 nitrogen and oxygen atoms in total. The highest BCUT2D eigenvalue weighted by molar-refractivity contribution is 5.76. The Hall–Kier alpha value is -2.24. The molecule has 0 saturated carbocycles. The van der Waals surface area contributed by atoms with Gasteiger partial charge >= 0.3 is 6.09 Å². The molecule has 2 rings (SSSR count). The minimum atomic E-state index is -0.375. The Balaban J connectivity index is 1.60. The summed E-state index contributed by atoms with van der Waals surface area (Å²) >= 11 is 0. The van der Waals surface area contributed by atoms with E-state index in [2.05, 4.69) is 5.32 Å². The number of benzene rings is 1. The molecule has 25 heavy (non-hydrogen) atoms. The molecule has 0 spiro atoms. The van der Waals surface area contributed by atoms with Crippen LogP contribution in [0.2, 0.25) is 0 Å². The van der Waals surface area contributed by atoms with E-state index in [1.54, 1.807) is 6.92 Å². The second kappa shape index (κ2) is 9.91. The number of amides is 2. The lowest BCUT2D eigenvalue weighted by Gasteiger charge is -2.32. The second-order valence-electron chi connectivity index (χ2n) is 6.28. The van der Waals surface area contributed by atoms with Crippen molar-refractivity contribution in [2.75, 3.05) is 26.3 Å². The number of hydrogen-bond acceptors (Lipinski definition) is 4. The Labute approximate surface area is 149 Å². The molecule has 0 aromatic heterocycles. The Morgan fingerprint density at radius 1 is 1.20 bits per heavy atom. The van der Waals surface area contributed by atoms with Crippen molar-refractivity contribution in [3.63, 3.8) is 0 Å². The van der Waals surface area contributed by atoms with Gasteiger partial charge in [0, 0.05) is 25.6 Å². The van der Waals surface area contributed by atoms with Gasteiger partial charge in [0.05, 0.1) is 13.2 Å². The predicted octanol–water partition coefficient (Wildman–Crippen LogP) is 2.89. The first-order chi connectivity index (χ1) is 12.1. The lowest BCUT2D eigenvalue weighted by molar-refractivity contribution is -0.132. The van der Waals surface area contributed by atoms with Crippen LogP contribution in [-0.4, -0.2) is 49.2 Å².